The van der Waals surface area contributed by atoms with Crippen LogP contribution >= 0.6 is 11.6 Å². The van der Waals surface area contributed by atoms with Gasteiger partial charge < -0.3 is 9.80 Å². The van der Waals surface area contributed by atoms with Crippen molar-refractivity contribution in [1.82, 2.24) is 9.97 Å². The van der Waals surface area contributed by atoms with Crippen molar-refractivity contribution in [3.63, 3.8) is 0 Å². The highest BCUT2D eigenvalue weighted by molar-refractivity contribution is 6.17. The quantitative estimate of drug-likeness (QED) is 0.813. The number of anilines is 2. The molecule has 1 aliphatic heterocycles. The molecule has 20 heavy (non-hydrogen) atoms. The van der Waals surface area contributed by atoms with Crippen LogP contribution in [0, 0.1) is 0 Å². The summed E-state index contributed by atoms with van der Waals surface area (Å²) in [6, 6.07) is 10.0. The Labute approximate surface area is 124 Å². The zero-order chi connectivity index (χ0) is 13.8. The van der Waals surface area contributed by atoms with Crippen molar-refractivity contribution in [1.29, 1.82) is 0 Å². The minimum Gasteiger partial charge on any atom is -0.353 e. The van der Waals surface area contributed by atoms with Crippen LogP contribution in [0.5, 0.6) is 0 Å². The molecule has 3 heterocycles. The summed E-state index contributed by atoms with van der Waals surface area (Å²) in [6.07, 6.45) is 3.67. The first kappa shape index (κ1) is 13.2. The standard InChI is InChI=1S/C15H17ClN4/c16-12-13-4-3-7-18-15(13)20-10-8-19(9-11-20)14-5-1-2-6-17-14/h1-7H,8-12H2. The summed E-state index contributed by atoms with van der Waals surface area (Å²) in [4.78, 5) is 13.5. The molecule has 2 aromatic rings. The molecule has 1 fully saturated rings. The average molecular weight is 289 g/mol. The molecule has 4 nitrogen and oxygen atoms in total. The molecule has 0 unspecified atom stereocenters. The molecule has 1 aliphatic rings. The Morgan fingerprint density at radius 1 is 0.900 bits per heavy atom. The average Bonchev–Trinajstić information content (AvgIpc) is 2.56. The Morgan fingerprint density at radius 2 is 1.65 bits per heavy atom. The van der Waals surface area contributed by atoms with E-state index in [4.69, 9.17) is 11.6 Å². The van der Waals surface area contributed by atoms with Gasteiger partial charge in [0.25, 0.3) is 0 Å². The molecular weight excluding hydrogens is 272 g/mol. The predicted octanol–water partition coefficient (Wildman–Crippen LogP) is 2.54. The lowest BCUT2D eigenvalue weighted by atomic mass is 10.2. The Morgan fingerprint density at radius 3 is 2.35 bits per heavy atom. The molecule has 0 aromatic carbocycles. The van der Waals surface area contributed by atoms with Gasteiger partial charge in [-0.2, -0.15) is 0 Å². The van der Waals surface area contributed by atoms with Crippen LogP contribution in [-0.4, -0.2) is 36.1 Å². The summed E-state index contributed by atoms with van der Waals surface area (Å²) >= 11 is 5.99. The highest BCUT2D eigenvalue weighted by Gasteiger charge is 2.20. The van der Waals surface area contributed by atoms with Gasteiger partial charge in [0.2, 0.25) is 0 Å². The largest absolute Gasteiger partial charge is 0.353 e. The molecule has 0 amide bonds. The first-order valence-corrected chi connectivity index (χ1v) is 7.33. The van der Waals surface area contributed by atoms with E-state index >= 15 is 0 Å². The van der Waals surface area contributed by atoms with E-state index in [1.807, 2.05) is 36.7 Å². The van der Waals surface area contributed by atoms with E-state index in [9.17, 15) is 0 Å². The number of piperazine rings is 1. The molecule has 1 saturated heterocycles. The number of aromatic nitrogens is 2. The van der Waals surface area contributed by atoms with Gasteiger partial charge in [0, 0.05) is 44.1 Å². The first-order valence-electron chi connectivity index (χ1n) is 6.79. The number of nitrogens with zero attached hydrogens (tertiary/aromatic N) is 4. The Balaban J connectivity index is 1.70. The van der Waals surface area contributed by atoms with Gasteiger partial charge in [-0.25, -0.2) is 9.97 Å². The third kappa shape index (κ3) is 2.70. The summed E-state index contributed by atoms with van der Waals surface area (Å²) < 4.78 is 0. The predicted molar refractivity (Wildman–Crippen MR) is 82.5 cm³/mol. The lowest BCUT2D eigenvalue weighted by Crippen LogP contribution is -2.47. The fourth-order valence-electron chi connectivity index (χ4n) is 2.51. The Bertz CT molecular complexity index is 553. The van der Waals surface area contributed by atoms with Crippen molar-refractivity contribution in [2.45, 2.75) is 5.88 Å². The lowest BCUT2D eigenvalue weighted by Gasteiger charge is -2.36. The third-order valence-electron chi connectivity index (χ3n) is 3.56. The maximum Gasteiger partial charge on any atom is 0.133 e. The molecule has 0 aliphatic carbocycles. The summed E-state index contributed by atoms with van der Waals surface area (Å²) in [5.41, 5.74) is 1.10. The van der Waals surface area contributed by atoms with Crippen molar-refractivity contribution in [3.05, 3.63) is 48.3 Å². The second kappa shape index (κ2) is 6.09. The molecule has 104 valence electrons. The molecule has 0 N–H and O–H groups in total. The van der Waals surface area contributed by atoms with E-state index in [2.05, 4.69) is 25.8 Å². The highest BCUT2D eigenvalue weighted by atomic mass is 35.5. The topological polar surface area (TPSA) is 32.3 Å². The zero-order valence-corrected chi connectivity index (χ0v) is 12.0. The molecule has 0 spiro atoms. The fraction of sp³-hybridized carbons (Fsp3) is 0.333. The summed E-state index contributed by atoms with van der Waals surface area (Å²) in [5, 5.41) is 0. The smallest absolute Gasteiger partial charge is 0.133 e. The summed E-state index contributed by atoms with van der Waals surface area (Å²) in [5.74, 6) is 2.57. The molecule has 3 rings (SSSR count). The molecule has 0 bridgehead atoms. The second-order valence-corrected chi connectivity index (χ2v) is 5.05. The van der Waals surface area contributed by atoms with E-state index in [0.717, 1.165) is 43.4 Å². The van der Waals surface area contributed by atoms with Crippen molar-refractivity contribution in [2.24, 2.45) is 0 Å². The number of alkyl halides is 1. The van der Waals surface area contributed by atoms with Gasteiger partial charge in [0.05, 0.1) is 5.88 Å². The number of rotatable bonds is 3. The molecule has 0 radical (unpaired) electrons. The van der Waals surface area contributed by atoms with E-state index < -0.39 is 0 Å². The number of halogens is 1. The van der Waals surface area contributed by atoms with Crippen molar-refractivity contribution >= 4 is 23.2 Å². The minimum absolute atomic E-state index is 0.504. The van der Waals surface area contributed by atoms with E-state index in [1.54, 1.807) is 0 Å². The van der Waals surface area contributed by atoms with Gasteiger partial charge in [-0.1, -0.05) is 12.1 Å². The van der Waals surface area contributed by atoms with Gasteiger partial charge in [0.1, 0.15) is 11.6 Å². The van der Waals surface area contributed by atoms with Crippen LogP contribution in [0.15, 0.2) is 42.7 Å². The molecule has 0 saturated carbocycles. The van der Waals surface area contributed by atoms with Gasteiger partial charge in [-0.05, 0) is 18.2 Å². The second-order valence-electron chi connectivity index (χ2n) is 4.78. The maximum atomic E-state index is 5.99. The fourth-order valence-corrected chi connectivity index (χ4v) is 2.72. The van der Waals surface area contributed by atoms with Crippen LogP contribution in [0.2, 0.25) is 0 Å². The normalized spacial score (nSPS) is 15.4. The van der Waals surface area contributed by atoms with E-state index in [-0.39, 0.29) is 0 Å². The third-order valence-corrected chi connectivity index (χ3v) is 3.85. The Hall–Kier alpha value is -1.81. The van der Waals surface area contributed by atoms with Gasteiger partial charge in [-0.3, -0.25) is 0 Å². The van der Waals surface area contributed by atoms with Crippen molar-refractivity contribution in [2.75, 3.05) is 36.0 Å². The summed E-state index contributed by atoms with van der Waals surface area (Å²) in [6.45, 7) is 3.79. The summed E-state index contributed by atoms with van der Waals surface area (Å²) in [7, 11) is 0. The molecule has 2 aromatic heterocycles. The monoisotopic (exact) mass is 288 g/mol. The van der Waals surface area contributed by atoms with Crippen LogP contribution in [0.4, 0.5) is 11.6 Å². The minimum atomic E-state index is 0.504. The van der Waals surface area contributed by atoms with E-state index in [1.165, 1.54) is 0 Å². The molecule has 5 heteroatoms. The first-order chi connectivity index (χ1) is 9.88. The van der Waals surface area contributed by atoms with Crippen molar-refractivity contribution in [3.8, 4) is 0 Å². The van der Waals surface area contributed by atoms with Crippen LogP contribution in [0.3, 0.4) is 0 Å². The van der Waals surface area contributed by atoms with Gasteiger partial charge in [-0.15, -0.1) is 11.6 Å². The van der Waals surface area contributed by atoms with E-state index in [0.29, 0.717) is 5.88 Å². The molecule has 0 atom stereocenters. The lowest BCUT2D eigenvalue weighted by molar-refractivity contribution is 0.640. The van der Waals surface area contributed by atoms with Gasteiger partial charge >= 0.3 is 0 Å². The highest BCUT2D eigenvalue weighted by Crippen LogP contribution is 2.21. The number of hydrogen-bond donors (Lipinski definition) is 0. The van der Waals surface area contributed by atoms with Crippen LogP contribution < -0.4 is 9.80 Å². The number of hydrogen-bond acceptors (Lipinski definition) is 4. The van der Waals surface area contributed by atoms with Gasteiger partial charge in [0.15, 0.2) is 0 Å². The van der Waals surface area contributed by atoms with Crippen LogP contribution in [0.1, 0.15) is 5.56 Å². The SMILES string of the molecule is ClCc1cccnc1N1CCN(c2ccccn2)CC1. The Kier molecular flexibility index (Phi) is 4.02. The van der Waals surface area contributed by atoms with Crippen molar-refractivity contribution < 1.29 is 0 Å². The zero-order valence-electron chi connectivity index (χ0n) is 11.2. The van der Waals surface area contributed by atoms with Crippen LogP contribution in [-0.2, 0) is 5.88 Å². The molecular formula is C15H17ClN4. The van der Waals surface area contributed by atoms with Crippen LogP contribution in [0.25, 0.3) is 0 Å². The number of pyridine rings is 2. The maximum absolute atomic E-state index is 5.99.